The van der Waals surface area contributed by atoms with E-state index in [1.807, 2.05) is 24.4 Å². The first kappa shape index (κ1) is 11.6. The number of aromatic amines is 1. The van der Waals surface area contributed by atoms with Crippen LogP contribution in [0.1, 0.15) is 23.9 Å². The van der Waals surface area contributed by atoms with Gasteiger partial charge in [0.25, 0.3) is 0 Å². The maximum absolute atomic E-state index is 9.14. The highest BCUT2D eigenvalue weighted by molar-refractivity contribution is 5.50. The minimum Gasteiger partial charge on any atom is -0.389 e. The monoisotopic (exact) mass is 228 g/mol. The van der Waals surface area contributed by atoms with Crippen molar-refractivity contribution in [1.29, 1.82) is 0 Å². The Bertz CT molecular complexity index is 469. The lowest BCUT2D eigenvalue weighted by molar-refractivity contribution is 0.245. The highest BCUT2D eigenvalue weighted by Crippen LogP contribution is 2.09. The molecule has 2 rings (SSSR count). The van der Waals surface area contributed by atoms with Gasteiger partial charge < -0.3 is 10.1 Å². The summed E-state index contributed by atoms with van der Waals surface area (Å²) in [6, 6.07) is 8.22. The van der Waals surface area contributed by atoms with Crippen LogP contribution in [0.3, 0.4) is 0 Å². The van der Waals surface area contributed by atoms with E-state index >= 15 is 0 Å². The highest BCUT2D eigenvalue weighted by atomic mass is 16.3. The molecule has 88 valence electrons. The number of rotatable bonds is 4. The minimum absolute atomic E-state index is 0.405. The van der Waals surface area contributed by atoms with Crippen LogP contribution in [-0.4, -0.2) is 21.2 Å². The molecule has 2 aromatic rings. The van der Waals surface area contributed by atoms with Crippen LogP contribution in [-0.2, 0) is 6.42 Å². The first-order chi connectivity index (χ1) is 8.24. The van der Waals surface area contributed by atoms with Gasteiger partial charge in [-0.3, -0.25) is 0 Å². The van der Waals surface area contributed by atoms with Crippen molar-refractivity contribution in [1.82, 2.24) is 9.97 Å². The molecule has 17 heavy (non-hydrogen) atoms. The standard InChI is InChI=1S/C14H16N2O/c1-11(17)2-3-12-4-6-13(7-5-12)10-14-15-8-9-16-14/h2-9,11,17H,10H2,1H3,(H,15,16)/b3-2+. The van der Waals surface area contributed by atoms with Gasteiger partial charge in [0, 0.05) is 18.8 Å². The van der Waals surface area contributed by atoms with Crippen LogP contribution < -0.4 is 0 Å². The van der Waals surface area contributed by atoms with Crippen LogP contribution in [0.5, 0.6) is 0 Å². The van der Waals surface area contributed by atoms with E-state index in [9.17, 15) is 0 Å². The summed E-state index contributed by atoms with van der Waals surface area (Å²) in [5.41, 5.74) is 2.31. The number of nitrogens with zero attached hydrogens (tertiary/aromatic N) is 1. The average Bonchev–Trinajstić information content (AvgIpc) is 2.81. The van der Waals surface area contributed by atoms with Crippen molar-refractivity contribution in [3.8, 4) is 0 Å². The van der Waals surface area contributed by atoms with E-state index in [1.54, 1.807) is 19.2 Å². The van der Waals surface area contributed by atoms with Gasteiger partial charge in [-0.25, -0.2) is 4.98 Å². The predicted molar refractivity (Wildman–Crippen MR) is 68.6 cm³/mol. The molecule has 0 spiro atoms. The Kier molecular flexibility index (Phi) is 3.73. The maximum atomic E-state index is 9.14. The molecule has 0 fully saturated rings. The van der Waals surface area contributed by atoms with E-state index in [0.717, 1.165) is 17.8 Å². The van der Waals surface area contributed by atoms with Gasteiger partial charge in [0.05, 0.1) is 6.10 Å². The van der Waals surface area contributed by atoms with Crippen LogP contribution in [0.25, 0.3) is 6.08 Å². The molecule has 3 heteroatoms. The third kappa shape index (κ3) is 3.57. The smallest absolute Gasteiger partial charge is 0.110 e. The second-order valence-corrected chi connectivity index (χ2v) is 4.05. The van der Waals surface area contributed by atoms with E-state index in [1.165, 1.54) is 5.56 Å². The summed E-state index contributed by atoms with van der Waals surface area (Å²) in [5, 5.41) is 9.14. The zero-order valence-corrected chi connectivity index (χ0v) is 9.80. The van der Waals surface area contributed by atoms with Gasteiger partial charge in [-0.05, 0) is 18.1 Å². The Labute approximate surface area is 101 Å². The molecule has 1 atom stereocenters. The predicted octanol–water partition coefficient (Wildman–Crippen LogP) is 2.39. The molecule has 1 heterocycles. The van der Waals surface area contributed by atoms with Crippen LogP contribution in [0.15, 0.2) is 42.7 Å². The summed E-state index contributed by atoms with van der Waals surface area (Å²) in [5.74, 6) is 0.970. The third-order valence-corrected chi connectivity index (χ3v) is 2.47. The van der Waals surface area contributed by atoms with Crippen LogP contribution in [0.2, 0.25) is 0 Å². The lowest BCUT2D eigenvalue weighted by Crippen LogP contribution is -1.92. The molecule has 0 aliphatic heterocycles. The molecule has 0 saturated heterocycles. The van der Waals surface area contributed by atoms with Gasteiger partial charge in [0.15, 0.2) is 0 Å². The van der Waals surface area contributed by atoms with Crippen LogP contribution >= 0.6 is 0 Å². The molecule has 0 aliphatic rings. The Hall–Kier alpha value is -1.87. The van der Waals surface area contributed by atoms with Gasteiger partial charge in [-0.2, -0.15) is 0 Å². The summed E-state index contributed by atoms with van der Waals surface area (Å²) < 4.78 is 0. The molecule has 2 N–H and O–H groups in total. The van der Waals surface area contributed by atoms with Crippen molar-refractivity contribution in [2.75, 3.05) is 0 Å². The molecular formula is C14H16N2O. The van der Waals surface area contributed by atoms with Gasteiger partial charge in [-0.1, -0.05) is 36.4 Å². The fourth-order valence-electron chi connectivity index (χ4n) is 1.58. The number of benzene rings is 1. The van der Waals surface area contributed by atoms with E-state index in [0.29, 0.717) is 0 Å². The lowest BCUT2D eigenvalue weighted by Gasteiger charge is -2.00. The van der Waals surface area contributed by atoms with E-state index in [-0.39, 0.29) is 0 Å². The molecule has 0 amide bonds. The number of hydrogen-bond donors (Lipinski definition) is 2. The molecule has 1 aromatic heterocycles. The quantitative estimate of drug-likeness (QED) is 0.844. The van der Waals surface area contributed by atoms with E-state index in [4.69, 9.17) is 5.11 Å². The summed E-state index contributed by atoms with van der Waals surface area (Å²) in [7, 11) is 0. The molecule has 1 unspecified atom stereocenters. The first-order valence-electron chi connectivity index (χ1n) is 5.67. The number of H-pyrrole nitrogens is 1. The maximum Gasteiger partial charge on any atom is 0.110 e. The third-order valence-electron chi connectivity index (χ3n) is 2.47. The summed E-state index contributed by atoms with van der Waals surface area (Å²) in [6.07, 6.45) is 7.68. The van der Waals surface area contributed by atoms with Crippen molar-refractivity contribution in [2.45, 2.75) is 19.4 Å². The van der Waals surface area contributed by atoms with Gasteiger partial charge in [0.2, 0.25) is 0 Å². The van der Waals surface area contributed by atoms with E-state index in [2.05, 4.69) is 22.1 Å². The van der Waals surface area contributed by atoms with Crippen LogP contribution in [0, 0.1) is 0 Å². The fraction of sp³-hybridized carbons (Fsp3) is 0.214. The summed E-state index contributed by atoms with van der Waals surface area (Å²) >= 11 is 0. The van der Waals surface area contributed by atoms with Gasteiger partial charge in [0.1, 0.15) is 5.82 Å². The summed E-state index contributed by atoms with van der Waals surface area (Å²) in [6.45, 7) is 1.74. The number of hydrogen-bond acceptors (Lipinski definition) is 2. The second-order valence-electron chi connectivity index (χ2n) is 4.05. The van der Waals surface area contributed by atoms with Crippen molar-refractivity contribution < 1.29 is 5.11 Å². The molecule has 1 aromatic carbocycles. The molecule has 0 aliphatic carbocycles. The molecule has 0 radical (unpaired) electrons. The highest BCUT2D eigenvalue weighted by Gasteiger charge is 1.97. The van der Waals surface area contributed by atoms with E-state index < -0.39 is 6.10 Å². The average molecular weight is 228 g/mol. The first-order valence-corrected chi connectivity index (χ1v) is 5.67. The largest absolute Gasteiger partial charge is 0.389 e. The minimum atomic E-state index is -0.405. The molecule has 3 nitrogen and oxygen atoms in total. The van der Waals surface area contributed by atoms with Gasteiger partial charge >= 0.3 is 0 Å². The number of aliphatic hydroxyl groups excluding tert-OH is 1. The normalized spacial score (nSPS) is 13.1. The van der Waals surface area contributed by atoms with Gasteiger partial charge in [-0.15, -0.1) is 0 Å². The fourth-order valence-corrected chi connectivity index (χ4v) is 1.58. The molecular weight excluding hydrogens is 212 g/mol. The number of aromatic nitrogens is 2. The zero-order chi connectivity index (χ0) is 12.1. The lowest BCUT2D eigenvalue weighted by atomic mass is 10.1. The number of imidazole rings is 1. The van der Waals surface area contributed by atoms with Crippen LogP contribution in [0.4, 0.5) is 0 Å². The Morgan fingerprint density at radius 2 is 2.12 bits per heavy atom. The topological polar surface area (TPSA) is 48.9 Å². The zero-order valence-electron chi connectivity index (χ0n) is 9.80. The second kappa shape index (κ2) is 5.46. The Morgan fingerprint density at radius 1 is 1.35 bits per heavy atom. The van der Waals surface area contributed by atoms with Crippen molar-refractivity contribution in [3.05, 3.63) is 59.7 Å². The summed E-state index contributed by atoms with van der Waals surface area (Å²) in [4.78, 5) is 7.27. The van der Waals surface area contributed by atoms with Crippen molar-refractivity contribution in [2.24, 2.45) is 0 Å². The van der Waals surface area contributed by atoms with Crippen molar-refractivity contribution >= 4 is 6.08 Å². The Balaban J connectivity index is 2.03. The molecule has 0 bridgehead atoms. The SMILES string of the molecule is CC(O)/C=C/c1ccc(Cc2ncc[nH]2)cc1. The molecule has 0 saturated carbocycles. The Morgan fingerprint density at radius 3 is 2.71 bits per heavy atom. The number of aliphatic hydroxyl groups is 1. The van der Waals surface area contributed by atoms with Crippen molar-refractivity contribution in [3.63, 3.8) is 0 Å². The number of nitrogens with one attached hydrogen (secondary N) is 1.